The van der Waals surface area contributed by atoms with Gasteiger partial charge in [0.25, 0.3) is 0 Å². The maximum Gasteiger partial charge on any atom is 0.156 e. The topological polar surface area (TPSA) is 118 Å². The van der Waals surface area contributed by atoms with Gasteiger partial charge in [-0.15, -0.1) is 0 Å². The normalized spacial score (nSPS) is 9.15. The lowest BCUT2D eigenvalue weighted by atomic mass is 9.88. The zero-order chi connectivity index (χ0) is 15.1. The maximum atomic E-state index is 12.3. The van der Waals surface area contributed by atoms with Crippen LogP contribution in [0.4, 0.5) is 0 Å². The highest BCUT2D eigenvalue weighted by Gasteiger charge is 2.23. The molecule has 1 rings (SSSR count). The van der Waals surface area contributed by atoms with E-state index in [1.807, 2.05) is 0 Å². The Morgan fingerprint density at radius 3 is 1.65 bits per heavy atom. The van der Waals surface area contributed by atoms with E-state index >= 15 is 0 Å². The number of nitriles is 4. The number of benzene rings is 1. The summed E-state index contributed by atoms with van der Waals surface area (Å²) in [7, 11) is 0. The van der Waals surface area contributed by atoms with Crippen molar-refractivity contribution in [1.82, 2.24) is 0 Å². The van der Waals surface area contributed by atoms with Gasteiger partial charge in [0.15, 0.2) is 11.8 Å². The molecule has 1 aromatic rings. The molecule has 0 radical (unpaired) electrons. The van der Waals surface area contributed by atoms with Gasteiger partial charge in [-0.05, 0) is 23.3 Å². The van der Waals surface area contributed by atoms with Gasteiger partial charge in [0, 0.05) is 4.47 Å². The Morgan fingerprint density at radius 2 is 1.30 bits per heavy atom. The molecular formula is C14H6BrN4O-. The summed E-state index contributed by atoms with van der Waals surface area (Å²) in [5, 5.41) is 47.9. The van der Waals surface area contributed by atoms with E-state index in [-0.39, 0.29) is 11.1 Å². The molecule has 0 aliphatic carbocycles. The van der Waals surface area contributed by atoms with E-state index in [0.29, 0.717) is 0 Å². The number of nitrogens with zero attached hydrogens (tertiary/aromatic N) is 4. The summed E-state index contributed by atoms with van der Waals surface area (Å²) in [6, 6.07) is 12.7. The molecule has 0 saturated heterocycles. The summed E-state index contributed by atoms with van der Waals surface area (Å²) in [4.78, 5) is 0. The van der Waals surface area contributed by atoms with Crippen molar-refractivity contribution < 1.29 is 5.11 Å². The van der Waals surface area contributed by atoms with Crippen molar-refractivity contribution in [3.8, 4) is 24.3 Å². The van der Waals surface area contributed by atoms with Crippen LogP contribution >= 0.6 is 15.9 Å². The van der Waals surface area contributed by atoms with E-state index in [0.717, 1.165) is 4.47 Å². The molecular weight excluding hydrogens is 320 g/mol. The highest BCUT2D eigenvalue weighted by atomic mass is 79.9. The Labute approximate surface area is 124 Å². The summed E-state index contributed by atoms with van der Waals surface area (Å²) < 4.78 is 0.754. The molecule has 0 N–H and O–H groups in total. The van der Waals surface area contributed by atoms with Crippen LogP contribution in [0.1, 0.15) is 5.56 Å². The van der Waals surface area contributed by atoms with Crippen molar-refractivity contribution >= 4 is 21.7 Å². The molecule has 0 fully saturated rings. The number of hydrogen-bond acceptors (Lipinski definition) is 5. The van der Waals surface area contributed by atoms with E-state index in [4.69, 9.17) is 21.0 Å². The van der Waals surface area contributed by atoms with Crippen molar-refractivity contribution in [2.75, 3.05) is 0 Å². The zero-order valence-corrected chi connectivity index (χ0v) is 11.6. The molecule has 0 unspecified atom stereocenters. The first-order chi connectivity index (χ1) is 9.58. The summed E-state index contributed by atoms with van der Waals surface area (Å²) in [5.41, 5.74) is -0.0866. The van der Waals surface area contributed by atoms with Crippen molar-refractivity contribution in [1.29, 1.82) is 21.0 Å². The first-order valence-electron chi connectivity index (χ1n) is 5.34. The van der Waals surface area contributed by atoms with Crippen molar-refractivity contribution in [2.45, 2.75) is 0 Å². The van der Waals surface area contributed by atoms with E-state index < -0.39 is 17.6 Å². The summed E-state index contributed by atoms with van der Waals surface area (Å²) >= 11 is 3.22. The highest BCUT2D eigenvalue weighted by molar-refractivity contribution is 9.10. The summed E-state index contributed by atoms with van der Waals surface area (Å²) in [6.45, 7) is 0. The van der Waals surface area contributed by atoms with Gasteiger partial charge in [-0.3, -0.25) is 0 Å². The van der Waals surface area contributed by atoms with Crippen LogP contribution in [-0.4, -0.2) is 0 Å². The molecule has 0 atom stereocenters. The molecule has 0 aromatic heterocycles. The van der Waals surface area contributed by atoms with Crippen molar-refractivity contribution in [3.05, 3.63) is 39.9 Å². The first-order valence-corrected chi connectivity index (χ1v) is 6.13. The number of hydrogen-bond donors (Lipinski definition) is 0. The van der Waals surface area contributed by atoms with E-state index in [1.54, 1.807) is 36.4 Å². The Hall–Kier alpha value is -2.80. The summed E-state index contributed by atoms with van der Waals surface area (Å²) in [6.07, 6.45) is 0. The molecule has 96 valence electrons. The Balaban J connectivity index is 3.51. The molecule has 1 aromatic carbocycles. The third kappa shape index (κ3) is 3.15. The molecule has 6 heteroatoms. The fourth-order valence-electron chi connectivity index (χ4n) is 1.53. The van der Waals surface area contributed by atoms with Crippen molar-refractivity contribution in [3.63, 3.8) is 0 Å². The number of rotatable bonds is 3. The Morgan fingerprint density at radius 1 is 0.900 bits per heavy atom. The smallest absolute Gasteiger partial charge is 0.156 e. The van der Waals surface area contributed by atoms with Crippen molar-refractivity contribution in [2.24, 2.45) is 11.8 Å². The third-order valence-electron chi connectivity index (χ3n) is 2.51. The molecule has 0 bridgehead atoms. The lowest BCUT2D eigenvalue weighted by Gasteiger charge is -2.21. The minimum Gasteiger partial charge on any atom is -0.872 e. The quantitative estimate of drug-likeness (QED) is 0.785. The van der Waals surface area contributed by atoms with Crippen LogP contribution in [0.25, 0.3) is 5.76 Å². The fraction of sp³-hybridized carbons (Fsp3) is 0.143. The van der Waals surface area contributed by atoms with Gasteiger partial charge in [-0.1, -0.05) is 33.8 Å². The minimum absolute atomic E-state index is 0.217. The molecule has 0 saturated carbocycles. The van der Waals surface area contributed by atoms with E-state index in [9.17, 15) is 5.11 Å². The maximum absolute atomic E-state index is 12.3. The third-order valence-corrected chi connectivity index (χ3v) is 3.04. The molecule has 0 amide bonds. The molecule has 0 aliphatic heterocycles. The van der Waals surface area contributed by atoms with Crippen LogP contribution in [0, 0.1) is 57.2 Å². The van der Waals surface area contributed by atoms with Gasteiger partial charge >= 0.3 is 0 Å². The number of halogens is 1. The van der Waals surface area contributed by atoms with Crippen LogP contribution < -0.4 is 5.11 Å². The molecule has 5 nitrogen and oxygen atoms in total. The second-order valence-corrected chi connectivity index (χ2v) is 4.59. The predicted molar refractivity (Wildman–Crippen MR) is 70.5 cm³/mol. The molecule has 0 heterocycles. The van der Waals surface area contributed by atoms with Gasteiger partial charge in [-0.2, -0.15) is 21.0 Å². The molecule has 0 spiro atoms. The SMILES string of the molecule is N#CC(C#N)C(=C([O-])c1ccc(Br)cc1)C(C#N)C#N. The average Bonchev–Trinajstić information content (AvgIpc) is 2.48. The van der Waals surface area contributed by atoms with Gasteiger partial charge in [0.05, 0.1) is 24.3 Å². The second kappa shape index (κ2) is 6.95. The van der Waals surface area contributed by atoms with Gasteiger partial charge < -0.3 is 5.11 Å². The van der Waals surface area contributed by atoms with E-state index in [2.05, 4.69) is 15.9 Å². The van der Waals surface area contributed by atoms with Crippen LogP contribution in [0.5, 0.6) is 0 Å². The lowest BCUT2D eigenvalue weighted by Crippen LogP contribution is -2.17. The number of allylic oxidation sites excluding steroid dienone is 1. The minimum atomic E-state index is -1.42. The Bertz CT molecular complexity index is 633. The lowest BCUT2D eigenvalue weighted by molar-refractivity contribution is -0.245. The van der Waals surface area contributed by atoms with Crippen LogP contribution in [0.15, 0.2) is 34.3 Å². The van der Waals surface area contributed by atoms with Crippen LogP contribution in [0.3, 0.4) is 0 Å². The standard InChI is InChI=1S/C14H7BrN4O/c15-12-3-1-9(2-4-12)14(20)13(10(5-16)6-17)11(7-18)8-19/h1-4,10-11,20H/p-1. The van der Waals surface area contributed by atoms with Gasteiger partial charge in [-0.25, -0.2) is 0 Å². The zero-order valence-electron chi connectivity index (χ0n) is 10.0. The van der Waals surface area contributed by atoms with Crippen LogP contribution in [0.2, 0.25) is 0 Å². The highest BCUT2D eigenvalue weighted by Crippen LogP contribution is 2.27. The first kappa shape index (κ1) is 15.3. The van der Waals surface area contributed by atoms with E-state index in [1.165, 1.54) is 12.1 Å². The van der Waals surface area contributed by atoms with Crippen LogP contribution in [-0.2, 0) is 0 Å². The molecule has 0 aliphatic rings. The molecule has 20 heavy (non-hydrogen) atoms. The van der Waals surface area contributed by atoms with Gasteiger partial charge in [0.1, 0.15) is 0 Å². The Kier molecular flexibility index (Phi) is 5.31. The fourth-order valence-corrected chi connectivity index (χ4v) is 1.80. The summed E-state index contributed by atoms with van der Waals surface area (Å²) in [5.74, 6) is -3.48. The largest absolute Gasteiger partial charge is 0.872 e. The second-order valence-electron chi connectivity index (χ2n) is 3.67. The monoisotopic (exact) mass is 325 g/mol. The average molecular weight is 326 g/mol. The van der Waals surface area contributed by atoms with Gasteiger partial charge in [0.2, 0.25) is 0 Å². The predicted octanol–water partition coefficient (Wildman–Crippen LogP) is 1.85.